The minimum atomic E-state index is -5.17. The van der Waals surface area contributed by atoms with Crippen LogP contribution in [-0.2, 0) is 31.2 Å². The van der Waals surface area contributed by atoms with E-state index in [1.54, 1.807) is 0 Å². The quantitative estimate of drug-likeness (QED) is 0.182. The summed E-state index contributed by atoms with van der Waals surface area (Å²) in [6.07, 6.45) is 0. The largest absolute Gasteiger partial charge is 3.00 e. The first-order valence-electron chi connectivity index (χ1n) is 2.00. The van der Waals surface area contributed by atoms with Crippen molar-refractivity contribution in [1.82, 2.24) is 0 Å². The van der Waals surface area contributed by atoms with Crippen LogP contribution in [0.3, 0.4) is 0 Å². The molecule has 0 bridgehead atoms. The zero-order valence-corrected chi connectivity index (χ0v) is 14.6. The van der Waals surface area contributed by atoms with Gasteiger partial charge in [0.15, 0.2) is 0 Å². The van der Waals surface area contributed by atoms with Gasteiger partial charge in [-0.3, -0.25) is 25.3 Å². The zero-order chi connectivity index (χ0) is 13.5. The smallest absolute Gasteiger partial charge is 0.759 e. The van der Waals surface area contributed by atoms with E-state index < -0.39 is 31.2 Å². The third-order valence-electron chi connectivity index (χ3n) is 0. The van der Waals surface area contributed by atoms with Crippen LogP contribution >= 0.6 is 0 Å². The Morgan fingerprint density at radius 2 is 0.471 bits per heavy atom. The Bertz CT molecular complexity index is 369. The van der Waals surface area contributed by atoms with E-state index in [-0.39, 0.29) is 66.0 Å². The van der Waals surface area contributed by atoms with Crippen LogP contribution in [-0.4, -0.2) is 101 Å². The van der Waals surface area contributed by atoms with Crippen molar-refractivity contribution < 1.29 is 69.7 Å². The molecule has 124 valence electrons. The molecule has 17 heteroatoms. The van der Waals surface area contributed by atoms with Gasteiger partial charge >= 0.3 is 48.9 Å². The van der Waals surface area contributed by atoms with Crippen LogP contribution in [0.15, 0.2) is 0 Å². The van der Waals surface area contributed by atoms with Gasteiger partial charge in [0.2, 0.25) is 0 Å². The second kappa shape index (κ2) is 12.3. The predicted octanol–water partition coefficient (Wildman–Crippen LogP) is -1.82. The van der Waals surface area contributed by atoms with E-state index in [2.05, 4.69) is 0 Å². The summed E-state index contributed by atoms with van der Waals surface area (Å²) in [5.74, 6) is 0. The summed E-state index contributed by atoms with van der Waals surface area (Å²) in [5, 5.41) is 0. The standard InChI is InChI=1S/3H2O4S.2Sb.12H2/c3*1-5(2,3)4;;;;;;;;;;;;;;/h3*(H2,1,2,3,4);;;12*1H/q;;;2*+3;;;;;;;;;;;;/p-6. The van der Waals surface area contributed by atoms with Gasteiger partial charge in [0.25, 0.3) is 0 Å². The molecule has 0 aromatic rings. The Hall–Kier alpha value is 1.25. The molecule has 0 atom stereocenters. The predicted molar refractivity (Wildman–Crippen MR) is 68.3 cm³/mol. The minimum absolute atomic E-state index is 0. The molecule has 12 nitrogen and oxygen atoms in total. The molecule has 0 heterocycles. The maximum Gasteiger partial charge on any atom is 3.00 e. The van der Waals surface area contributed by atoms with Crippen LogP contribution in [0.1, 0.15) is 17.1 Å². The number of hydrogen-bond donors (Lipinski definition) is 0. The molecule has 0 aliphatic carbocycles. The second-order valence-corrected chi connectivity index (χ2v) is 3.67. The third kappa shape index (κ3) is 2580. The fourth-order valence-electron chi connectivity index (χ4n) is 0. The molecular formula is H24O12S3Sb2. The van der Waals surface area contributed by atoms with E-state index in [0.717, 1.165) is 0 Å². The Morgan fingerprint density at radius 1 is 0.471 bits per heavy atom. The van der Waals surface area contributed by atoms with E-state index in [9.17, 15) is 0 Å². The Balaban J connectivity index is -0.00000000400. The summed E-state index contributed by atoms with van der Waals surface area (Å²) in [4.78, 5) is 0. The molecule has 0 aromatic heterocycles. The first-order valence-corrected chi connectivity index (χ1v) is 6.00. The summed E-state index contributed by atoms with van der Waals surface area (Å²) in [7, 11) is -15.5. The van der Waals surface area contributed by atoms with Gasteiger partial charge in [0.1, 0.15) is 0 Å². The number of rotatable bonds is 0. The summed E-state index contributed by atoms with van der Waals surface area (Å²) < 4.78 is 102. The van der Waals surface area contributed by atoms with Crippen LogP contribution in [0.2, 0.25) is 0 Å². The summed E-state index contributed by atoms with van der Waals surface area (Å²) in [5.41, 5.74) is 0. The molecule has 0 amide bonds. The van der Waals surface area contributed by atoms with Crippen molar-refractivity contribution in [3.63, 3.8) is 0 Å². The maximum absolute atomic E-state index is 8.52. The first-order chi connectivity index (χ1) is 6.00. The van der Waals surface area contributed by atoms with Gasteiger partial charge in [0.05, 0.1) is 0 Å². The Kier molecular flexibility index (Phi) is 22.4. The van der Waals surface area contributed by atoms with Crippen molar-refractivity contribution in [1.29, 1.82) is 0 Å². The summed E-state index contributed by atoms with van der Waals surface area (Å²) in [6.45, 7) is 0. The van der Waals surface area contributed by atoms with Gasteiger partial charge in [-0.05, 0) is 0 Å². The van der Waals surface area contributed by atoms with Crippen molar-refractivity contribution in [3.8, 4) is 0 Å². The Labute approximate surface area is 149 Å². The van der Waals surface area contributed by atoms with Crippen molar-refractivity contribution in [2.75, 3.05) is 0 Å². The molecule has 0 aliphatic rings. The zero-order valence-electron chi connectivity index (χ0n) is 7.02. The van der Waals surface area contributed by atoms with Gasteiger partial charge in [-0.2, -0.15) is 0 Å². The second-order valence-electron chi connectivity index (χ2n) is 1.22. The monoisotopic (exact) mass is 554 g/mol. The van der Waals surface area contributed by atoms with Crippen molar-refractivity contribution >= 4 is 80.1 Å². The molecule has 0 N–H and O–H groups in total. The van der Waals surface area contributed by atoms with Crippen LogP contribution in [0.25, 0.3) is 0 Å². The molecule has 17 heavy (non-hydrogen) atoms. The van der Waals surface area contributed by atoms with Gasteiger partial charge in [-0.25, -0.2) is 0 Å². The minimum Gasteiger partial charge on any atom is -0.759 e. The van der Waals surface area contributed by atoms with Crippen LogP contribution in [0, 0.1) is 0 Å². The molecule has 0 saturated carbocycles. The summed E-state index contributed by atoms with van der Waals surface area (Å²) >= 11 is 0. The van der Waals surface area contributed by atoms with Gasteiger partial charge in [-0.1, -0.05) is 0 Å². The molecule has 0 unspecified atom stereocenters. The Morgan fingerprint density at radius 3 is 0.471 bits per heavy atom. The average Bonchev–Trinajstić information content (AvgIpc) is 1.41. The summed E-state index contributed by atoms with van der Waals surface area (Å²) in [6, 6.07) is 0. The molecule has 0 aromatic carbocycles. The van der Waals surface area contributed by atoms with Gasteiger partial charge < -0.3 is 27.3 Å². The van der Waals surface area contributed by atoms with E-state index in [4.69, 9.17) is 52.6 Å². The van der Waals surface area contributed by atoms with Crippen LogP contribution in [0.4, 0.5) is 0 Å². The average molecular weight is 556 g/mol. The van der Waals surface area contributed by atoms with Gasteiger partial charge in [0, 0.05) is 48.3 Å². The van der Waals surface area contributed by atoms with Crippen molar-refractivity contribution in [2.45, 2.75) is 0 Å². The fourth-order valence-corrected chi connectivity index (χ4v) is 0. The molecule has 0 rings (SSSR count). The van der Waals surface area contributed by atoms with Crippen LogP contribution < -0.4 is 0 Å². The molecule has 0 aliphatic heterocycles. The molecule has 0 saturated heterocycles. The van der Waals surface area contributed by atoms with E-state index in [1.165, 1.54) is 0 Å². The third-order valence-corrected chi connectivity index (χ3v) is 0. The van der Waals surface area contributed by atoms with Crippen molar-refractivity contribution in [3.05, 3.63) is 0 Å². The van der Waals surface area contributed by atoms with Crippen LogP contribution in [0.5, 0.6) is 0 Å². The van der Waals surface area contributed by atoms with E-state index >= 15 is 0 Å². The fraction of sp³-hybridized carbons (Fsp3) is 0. The van der Waals surface area contributed by atoms with Gasteiger partial charge in [-0.15, -0.1) is 0 Å². The molecule has 4 radical (unpaired) electrons. The normalized spacial score (nSPS) is 10.2. The topological polar surface area (TPSA) is 241 Å². The van der Waals surface area contributed by atoms with E-state index in [1.807, 2.05) is 0 Å². The number of hydrogen-bond acceptors (Lipinski definition) is 12. The maximum atomic E-state index is 8.52. The molecule has 0 fully saturated rings. The first kappa shape index (κ1) is 30.9. The van der Waals surface area contributed by atoms with Crippen molar-refractivity contribution in [2.24, 2.45) is 0 Å². The molecular weight excluding hydrogens is 532 g/mol. The SMILES string of the molecule is O=S(=O)([O-])[O-].O=S(=O)([O-])[O-].O=S(=O)([O-])[O-].[HH].[HH].[HH].[HH].[HH].[HH].[HH].[HH].[HH].[HH].[HH].[HH].[Sb+3].[Sb+3]. The molecule has 0 spiro atoms. The van der Waals surface area contributed by atoms with E-state index in [0.29, 0.717) is 0 Å².